The molecule has 6 rings (SSSR count). The summed E-state index contributed by atoms with van der Waals surface area (Å²) in [6, 6.07) is 3.73. The summed E-state index contributed by atoms with van der Waals surface area (Å²) in [7, 11) is 0. The average molecular weight is 481 g/mol. The summed E-state index contributed by atoms with van der Waals surface area (Å²) < 4.78 is 41.2. The Morgan fingerprint density at radius 1 is 1.09 bits per heavy atom. The zero-order valence-corrected chi connectivity index (χ0v) is 18.5. The van der Waals surface area contributed by atoms with Crippen molar-refractivity contribution >= 4 is 27.5 Å². The largest absolute Gasteiger partial charge is 0.475 e. The zero-order chi connectivity index (χ0) is 24.1. The van der Waals surface area contributed by atoms with Gasteiger partial charge in [0, 0.05) is 29.9 Å². The number of hydrogen-bond acceptors (Lipinski definition) is 9. The number of rotatable bonds is 3. The molecule has 11 heteroatoms. The maximum Gasteiger partial charge on any atom is 0.323 e. The van der Waals surface area contributed by atoms with Gasteiger partial charge in [0.2, 0.25) is 5.88 Å². The normalized spacial score (nSPS) is 17.7. The van der Waals surface area contributed by atoms with Gasteiger partial charge in [-0.15, -0.1) is 0 Å². The molecule has 0 aliphatic carbocycles. The lowest BCUT2D eigenvalue weighted by atomic mass is 10.0. The number of hydrogen-bond donors (Lipinski definition) is 2. The van der Waals surface area contributed by atoms with Gasteiger partial charge >= 0.3 is 12.5 Å². The number of fused-ring (bicyclic) bond motifs is 3. The fourth-order valence-electron chi connectivity index (χ4n) is 4.87. The number of nitrogens with zero attached hydrogens (tertiary/aromatic N) is 5. The highest BCUT2D eigenvalue weighted by atomic mass is 19.1. The number of aliphatic hydroxyl groups excluding tert-OH is 1. The highest BCUT2D eigenvalue weighted by molar-refractivity contribution is 6.00. The van der Waals surface area contributed by atoms with E-state index in [-0.39, 0.29) is 34.1 Å². The van der Waals surface area contributed by atoms with Gasteiger partial charge in [-0.1, -0.05) is 12.8 Å². The first-order valence-corrected chi connectivity index (χ1v) is 11.4. The van der Waals surface area contributed by atoms with Crippen LogP contribution in [-0.4, -0.2) is 55.8 Å². The van der Waals surface area contributed by atoms with Gasteiger partial charge in [-0.05, 0) is 36.4 Å². The summed E-state index contributed by atoms with van der Waals surface area (Å²) in [5.74, 6) is -0.778. The number of anilines is 1. The lowest BCUT2D eigenvalue weighted by Crippen LogP contribution is -2.38. The van der Waals surface area contributed by atoms with Crippen LogP contribution in [0.1, 0.15) is 25.7 Å². The Bertz CT molecular complexity index is 1450. The third-order valence-electron chi connectivity index (χ3n) is 6.46. The number of benzene rings is 1. The number of pyridine rings is 2. The monoisotopic (exact) mass is 481 g/mol. The highest BCUT2D eigenvalue weighted by Gasteiger charge is 2.33. The molecule has 5 heterocycles. The van der Waals surface area contributed by atoms with E-state index < -0.39 is 24.1 Å². The number of ether oxygens (including phenoxy) is 2. The minimum absolute atomic E-state index is 0.0310. The van der Waals surface area contributed by atoms with Crippen molar-refractivity contribution in [2.45, 2.75) is 38.2 Å². The lowest BCUT2D eigenvalue weighted by molar-refractivity contribution is -0.183. The quantitative estimate of drug-likeness (QED) is 0.426. The molecule has 35 heavy (non-hydrogen) atoms. The molecule has 180 valence electrons. The highest BCUT2D eigenvalue weighted by Crippen LogP contribution is 2.42. The van der Waals surface area contributed by atoms with Crippen LogP contribution in [0, 0.1) is 11.6 Å². The molecule has 2 aliphatic rings. The van der Waals surface area contributed by atoms with E-state index in [0.29, 0.717) is 29.7 Å². The van der Waals surface area contributed by atoms with Crippen molar-refractivity contribution in [1.29, 1.82) is 0 Å². The fraction of sp³-hybridized carbons (Fsp3) is 0.333. The molecule has 2 N–H and O–H groups in total. The van der Waals surface area contributed by atoms with Gasteiger partial charge in [0.1, 0.15) is 34.8 Å². The Morgan fingerprint density at radius 2 is 1.97 bits per heavy atom. The molecular weight excluding hydrogens is 460 g/mol. The molecule has 0 spiro atoms. The van der Waals surface area contributed by atoms with Crippen LogP contribution in [-0.2, 0) is 0 Å². The molecule has 1 fully saturated rings. The van der Waals surface area contributed by atoms with E-state index in [1.807, 2.05) is 4.90 Å². The van der Waals surface area contributed by atoms with E-state index in [0.717, 1.165) is 25.7 Å². The van der Waals surface area contributed by atoms with Gasteiger partial charge in [-0.3, -0.25) is 4.98 Å². The minimum atomic E-state index is -2.18. The molecule has 2 aliphatic heterocycles. The summed E-state index contributed by atoms with van der Waals surface area (Å²) in [6.45, 7) is -1.21. The van der Waals surface area contributed by atoms with E-state index in [1.165, 1.54) is 18.3 Å². The SMILES string of the molecule is OC(O)Oc1nc2c3c(nc(-c4cncc5ccc(F)cc45)c(F)c3n1)OCC1CCCCCN21. The van der Waals surface area contributed by atoms with Crippen LogP contribution in [0.4, 0.5) is 14.6 Å². The third kappa shape index (κ3) is 3.76. The van der Waals surface area contributed by atoms with Crippen LogP contribution in [0.3, 0.4) is 0 Å². The second-order valence-electron chi connectivity index (χ2n) is 8.64. The molecule has 0 amide bonds. The van der Waals surface area contributed by atoms with Gasteiger partial charge in [-0.2, -0.15) is 9.97 Å². The second kappa shape index (κ2) is 8.51. The van der Waals surface area contributed by atoms with Crippen molar-refractivity contribution < 1.29 is 28.5 Å². The summed E-state index contributed by atoms with van der Waals surface area (Å²) in [6.07, 6.45) is 6.78. The van der Waals surface area contributed by atoms with Gasteiger partial charge in [0.05, 0.1) is 6.04 Å². The molecule has 4 aromatic rings. The van der Waals surface area contributed by atoms with Crippen molar-refractivity contribution in [2.75, 3.05) is 18.1 Å². The summed E-state index contributed by atoms with van der Waals surface area (Å²) >= 11 is 0. The number of halogens is 2. The van der Waals surface area contributed by atoms with Crippen molar-refractivity contribution in [3.8, 4) is 23.1 Å². The molecule has 9 nitrogen and oxygen atoms in total. The molecule has 1 saturated heterocycles. The zero-order valence-electron chi connectivity index (χ0n) is 18.5. The maximum atomic E-state index is 16.1. The van der Waals surface area contributed by atoms with Crippen molar-refractivity contribution in [1.82, 2.24) is 19.9 Å². The van der Waals surface area contributed by atoms with Crippen LogP contribution >= 0.6 is 0 Å². The van der Waals surface area contributed by atoms with Crippen LogP contribution in [0.15, 0.2) is 30.6 Å². The van der Waals surface area contributed by atoms with E-state index in [2.05, 4.69) is 19.9 Å². The summed E-state index contributed by atoms with van der Waals surface area (Å²) in [4.78, 5) is 19.2. The molecule has 1 aromatic carbocycles. The Hall–Kier alpha value is -3.70. The van der Waals surface area contributed by atoms with Crippen molar-refractivity contribution in [2.24, 2.45) is 0 Å². The van der Waals surface area contributed by atoms with Crippen LogP contribution in [0.25, 0.3) is 32.9 Å². The fourth-order valence-corrected chi connectivity index (χ4v) is 4.87. The second-order valence-corrected chi connectivity index (χ2v) is 8.64. The van der Waals surface area contributed by atoms with Crippen LogP contribution < -0.4 is 14.4 Å². The first-order chi connectivity index (χ1) is 17.0. The maximum absolute atomic E-state index is 16.1. The van der Waals surface area contributed by atoms with Crippen molar-refractivity contribution in [3.63, 3.8) is 0 Å². The Balaban J connectivity index is 1.64. The Kier molecular flexibility index (Phi) is 5.30. The predicted octanol–water partition coefficient (Wildman–Crippen LogP) is 3.31. The smallest absolute Gasteiger partial charge is 0.323 e. The average Bonchev–Trinajstić information content (AvgIpc) is 3.15. The predicted molar refractivity (Wildman–Crippen MR) is 122 cm³/mol. The van der Waals surface area contributed by atoms with Crippen LogP contribution in [0.2, 0.25) is 0 Å². The van der Waals surface area contributed by atoms with E-state index in [1.54, 1.807) is 12.3 Å². The summed E-state index contributed by atoms with van der Waals surface area (Å²) in [5.41, 5.74) is 0.00207. The lowest BCUT2D eigenvalue weighted by Gasteiger charge is -2.29. The van der Waals surface area contributed by atoms with Crippen molar-refractivity contribution in [3.05, 3.63) is 42.2 Å². The molecule has 3 aromatic heterocycles. The summed E-state index contributed by atoms with van der Waals surface area (Å²) in [5, 5.41) is 20.0. The first-order valence-electron chi connectivity index (χ1n) is 11.4. The molecule has 0 saturated carbocycles. The number of aromatic nitrogens is 4. The standard InChI is InChI=1S/C24H21F2N5O4/c25-13-6-5-12-9-27-10-16(15(12)8-13)19-18(26)20-17-21(30-23(29-20)35-24(32)33)31-7-3-1-2-4-14(31)11-34-22(17)28-19/h5-6,8-10,14,24,32-33H,1-4,7,11H2. The number of aliphatic hydroxyl groups is 2. The Morgan fingerprint density at radius 3 is 2.83 bits per heavy atom. The molecule has 0 radical (unpaired) electrons. The third-order valence-corrected chi connectivity index (χ3v) is 6.46. The minimum Gasteiger partial charge on any atom is -0.475 e. The van der Waals surface area contributed by atoms with Gasteiger partial charge in [0.25, 0.3) is 0 Å². The van der Waals surface area contributed by atoms with E-state index in [4.69, 9.17) is 9.47 Å². The van der Waals surface area contributed by atoms with Crippen LogP contribution in [0.5, 0.6) is 11.9 Å². The first kappa shape index (κ1) is 21.8. The van der Waals surface area contributed by atoms with E-state index >= 15 is 4.39 Å². The van der Waals surface area contributed by atoms with E-state index in [9.17, 15) is 14.6 Å². The molecule has 1 unspecified atom stereocenters. The molecule has 0 bridgehead atoms. The van der Waals surface area contributed by atoms with Gasteiger partial charge in [0.15, 0.2) is 5.82 Å². The van der Waals surface area contributed by atoms with Gasteiger partial charge < -0.3 is 24.6 Å². The Labute approximate surface area is 198 Å². The molecular formula is C24H21F2N5O4. The van der Waals surface area contributed by atoms with Gasteiger partial charge in [-0.25, -0.2) is 13.8 Å². The topological polar surface area (TPSA) is 114 Å². The molecule has 1 atom stereocenters.